The van der Waals surface area contributed by atoms with Crippen LogP contribution in [0.3, 0.4) is 0 Å². The maximum atomic E-state index is 14.1. The fourth-order valence-corrected chi connectivity index (χ4v) is 4.13. The van der Waals surface area contributed by atoms with Gasteiger partial charge >= 0.3 is 6.09 Å². The molecule has 0 saturated heterocycles. The second-order valence-corrected chi connectivity index (χ2v) is 11.4. The number of alkyl carbamates (subject to hydrolysis) is 1. The van der Waals surface area contributed by atoms with E-state index in [0.29, 0.717) is 18.6 Å². The molecule has 0 aliphatic rings. The molecule has 3 unspecified atom stereocenters. The minimum absolute atomic E-state index is 0.0855. The summed E-state index contributed by atoms with van der Waals surface area (Å²) in [5, 5.41) is 5.77. The van der Waals surface area contributed by atoms with E-state index in [1.165, 1.54) is 0 Å². The molecular weight excluding hydrogens is 462 g/mol. The van der Waals surface area contributed by atoms with Crippen molar-refractivity contribution in [2.75, 3.05) is 12.0 Å². The van der Waals surface area contributed by atoms with Gasteiger partial charge in [-0.25, -0.2) is 4.79 Å². The van der Waals surface area contributed by atoms with Crippen LogP contribution in [0, 0.1) is 13.8 Å². The Hall–Kier alpha value is -2.22. The molecular formula is C27H45N3O4S. The van der Waals surface area contributed by atoms with Gasteiger partial charge in [0.1, 0.15) is 17.7 Å². The number of carbonyl (C=O) groups excluding carboxylic acids is 3. The van der Waals surface area contributed by atoms with Gasteiger partial charge in [-0.2, -0.15) is 11.8 Å². The van der Waals surface area contributed by atoms with Crippen LogP contribution in [-0.4, -0.2) is 58.5 Å². The summed E-state index contributed by atoms with van der Waals surface area (Å²) in [6, 6.07) is 3.91. The zero-order valence-electron chi connectivity index (χ0n) is 23.2. The normalized spacial score (nSPS) is 14.1. The van der Waals surface area contributed by atoms with Gasteiger partial charge in [0.05, 0.1) is 0 Å². The Morgan fingerprint density at radius 1 is 1.06 bits per heavy atom. The highest BCUT2D eigenvalue weighted by molar-refractivity contribution is 7.98. The molecule has 8 heteroatoms. The van der Waals surface area contributed by atoms with E-state index in [9.17, 15) is 14.4 Å². The number of carbonyl (C=O) groups is 3. The summed E-state index contributed by atoms with van der Waals surface area (Å²) in [6.07, 6.45) is 2.40. The predicted molar refractivity (Wildman–Crippen MR) is 145 cm³/mol. The van der Waals surface area contributed by atoms with Crippen LogP contribution < -0.4 is 10.6 Å². The van der Waals surface area contributed by atoms with Crippen molar-refractivity contribution in [2.45, 2.75) is 105 Å². The van der Waals surface area contributed by atoms with Crippen LogP contribution in [0.1, 0.15) is 84.0 Å². The average Bonchev–Trinajstić information content (AvgIpc) is 2.74. The second-order valence-electron chi connectivity index (χ2n) is 10.4. The van der Waals surface area contributed by atoms with Crippen LogP contribution in [0.25, 0.3) is 0 Å². The molecule has 1 aromatic rings. The standard InChI is InChI=1S/C27H45N3O4S/c1-11-20(6)30(25(32)22(14-15-35-10)29-26(33)34-27(7,8)9)23(24(31)28-17(2)3)21-13-12-18(4)19(5)16-21/h12-13,16-17,20,22-23H,11,14-15H2,1-10H3,(H,28,31)(H,29,33). The number of benzene rings is 1. The summed E-state index contributed by atoms with van der Waals surface area (Å²) in [7, 11) is 0. The number of aryl methyl sites for hydroxylation is 2. The summed E-state index contributed by atoms with van der Waals surface area (Å²) in [4.78, 5) is 41.9. The van der Waals surface area contributed by atoms with Crippen molar-refractivity contribution in [3.05, 3.63) is 34.9 Å². The van der Waals surface area contributed by atoms with Crippen LogP contribution in [0.5, 0.6) is 0 Å². The lowest BCUT2D eigenvalue weighted by Gasteiger charge is -2.38. The lowest BCUT2D eigenvalue weighted by atomic mass is 9.96. The third-order valence-electron chi connectivity index (χ3n) is 5.72. The van der Waals surface area contributed by atoms with Crippen molar-refractivity contribution in [3.8, 4) is 0 Å². The second kappa shape index (κ2) is 13.8. The van der Waals surface area contributed by atoms with Crippen LogP contribution in [0.2, 0.25) is 0 Å². The number of hydrogen-bond acceptors (Lipinski definition) is 5. The fraction of sp³-hybridized carbons (Fsp3) is 0.667. The van der Waals surface area contributed by atoms with E-state index in [2.05, 4.69) is 10.6 Å². The number of thioether (sulfide) groups is 1. The highest BCUT2D eigenvalue weighted by Crippen LogP contribution is 2.28. The van der Waals surface area contributed by atoms with Gasteiger partial charge < -0.3 is 20.3 Å². The lowest BCUT2D eigenvalue weighted by Crippen LogP contribution is -2.56. The van der Waals surface area contributed by atoms with Crippen molar-refractivity contribution < 1.29 is 19.1 Å². The van der Waals surface area contributed by atoms with Crippen LogP contribution in [0.4, 0.5) is 4.79 Å². The Morgan fingerprint density at radius 2 is 1.69 bits per heavy atom. The average molecular weight is 508 g/mol. The summed E-state index contributed by atoms with van der Waals surface area (Å²) in [6.45, 7) is 17.1. The first-order valence-corrected chi connectivity index (χ1v) is 13.8. The monoisotopic (exact) mass is 507 g/mol. The number of amides is 3. The zero-order chi connectivity index (χ0) is 26.9. The first kappa shape index (κ1) is 30.8. The van der Waals surface area contributed by atoms with Gasteiger partial charge in [-0.1, -0.05) is 25.1 Å². The molecule has 0 fully saturated rings. The molecule has 0 radical (unpaired) electrons. The largest absolute Gasteiger partial charge is 0.444 e. The van der Waals surface area contributed by atoms with E-state index < -0.39 is 23.8 Å². The van der Waals surface area contributed by atoms with Crippen molar-refractivity contribution in [2.24, 2.45) is 0 Å². The van der Waals surface area contributed by atoms with Gasteiger partial charge in [0, 0.05) is 12.1 Å². The van der Waals surface area contributed by atoms with Crippen molar-refractivity contribution in [1.82, 2.24) is 15.5 Å². The molecule has 0 aliphatic carbocycles. The van der Waals surface area contributed by atoms with Gasteiger partial charge in [-0.15, -0.1) is 0 Å². The zero-order valence-corrected chi connectivity index (χ0v) is 24.0. The fourth-order valence-electron chi connectivity index (χ4n) is 3.65. The third kappa shape index (κ3) is 9.74. The molecule has 0 aromatic heterocycles. The van der Waals surface area contributed by atoms with E-state index in [1.54, 1.807) is 37.4 Å². The van der Waals surface area contributed by atoms with E-state index >= 15 is 0 Å². The summed E-state index contributed by atoms with van der Waals surface area (Å²) in [5.41, 5.74) is 2.22. The minimum Gasteiger partial charge on any atom is -0.444 e. The van der Waals surface area contributed by atoms with E-state index in [4.69, 9.17) is 4.74 Å². The van der Waals surface area contributed by atoms with Crippen molar-refractivity contribution in [1.29, 1.82) is 0 Å². The molecule has 1 aromatic carbocycles. The maximum absolute atomic E-state index is 14.1. The number of rotatable bonds is 11. The SMILES string of the molecule is CCC(C)N(C(=O)C(CCSC)NC(=O)OC(C)(C)C)C(C(=O)NC(C)C)c1ccc(C)c(C)c1. The predicted octanol–water partition coefficient (Wildman–Crippen LogP) is 5.14. The Morgan fingerprint density at radius 3 is 2.17 bits per heavy atom. The summed E-state index contributed by atoms with van der Waals surface area (Å²) < 4.78 is 5.43. The third-order valence-corrected chi connectivity index (χ3v) is 6.37. The molecule has 0 saturated carbocycles. The van der Waals surface area contributed by atoms with Gasteiger partial charge in [0.2, 0.25) is 11.8 Å². The van der Waals surface area contributed by atoms with Gasteiger partial charge in [-0.3, -0.25) is 9.59 Å². The maximum Gasteiger partial charge on any atom is 0.408 e. The van der Waals surface area contributed by atoms with Gasteiger partial charge in [-0.05, 0) is 96.9 Å². The minimum atomic E-state index is -0.823. The van der Waals surface area contributed by atoms with Gasteiger partial charge in [0.25, 0.3) is 0 Å². The molecule has 35 heavy (non-hydrogen) atoms. The molecule has 0 aliphatic heterocycles. The Bertz CT molecular complexity index is 866. The summed E-state index contributed by atoms with van der Waals surface area (Å²) in [5.74, 6) is 0.145. The highest BCUT2D eigenvalue weighted by atomic mass is 32.2. The van der Waals surface area contributed by atoms with Crippen LogP contribution in [-0.2, 0) is 14.3 Å². The van der Waals surface area contributed by atoms with E-state index in [-0.39, 0.29) is 23.9 Å². The molecule has 7 nitrogen and oxygen atoms in total. The number of ether oxygens (including phenoxy) is 1. The molecule has 0 spiro atoms. The van der Waals surface area contributed by atoms with Crippen molar-refractivity contribution in [3.63, 3.8) is 0 Å². The van der Waals surface area contributed by atoms with Crippen LogP contribution >= 0.6 is 11.8 Å². The molecule has 0 bridgehead atoms. The van der Waals surface area contributed by atoms with Crippen LogP contribution in [0.15, 0.2) is 18.2 Å². The summed E-state index contributed by atoms with van der Waals surface area (Å²) >= 11 is 1.59. The Kier molecular flexibility index (Phi) is 12.1. The lowest BCUT2D eigenvalue weighted by molar-refractivity contribution is -0.145. The molecule has 0 heterocycles. The number of hydrogen-bond donors (Lipinski definition) is 2. The van der Waals surface area contributed by atoms with Gasteiger partial charge in [0.15, 0.2) is 0 Å². The quantitative estimate of drug-likeness (QED) is 0.433. The van der Waals surface area contributed by atoms with E-state index in [0.717, 1.165) is 16.7 Å². The Labute approximate surface area is 216 Å². The Balaban J connectivity index is 3.53. The topological polar surface area (TPSA) is 87.7 Å². The molecule has 3 amide bonds. The molecule has 2 N–H and O–H groups in total. The number of nitrogens with zero attached hydrogens (tertiary/aromatic N) is 1. The first-order valence-electron chi connectivity index (χ1n) is 12.4. The first-order chi connectivity index (χ1) is 16.2. The van der Waals surface area contributed by atoms with E-state index in [1.807, 2.05) is 66.0 Å². The highest BCUT2D eigenvalue weighted by Gasteiger charge is 2.38. The van der Waals surface area contributed by atoms with Crippen molar-refractivity contribution >= 4 is 29.7 Å². The smallest absolute Gasteiger partial charge is 0.408 e. The number of nitrogens with one attached hydrogen (secondary N) is 2. The molecule has 3 atom stereocenters. The molecule has 1 rings (SSSR count). The molecule has 198 valence electrons.